The third-order valence-electron chi connectivity index (χ3n) is 3.24. The van der Waals surface area contributed by atoms with Gasteiger partial charge in [0, 0.05) is 16.8 Å². The molecule has 5 nitrogen and oxygen atoms in total. The third-order valence-corrected chi connectivity index (χ3v) is 3.24. The Hall–Kier alpha value is -2.95. The maximum Gasteiger partial charge on any atom is 0.256 e. The summed E-state index contributed by atoms with van der Waals surface area (Å²) in [7, 11) is 0. The van der Waals surface area contributed by atoms with Crippen LogP contribution in [-0.2, 0) is 0 Å². The number of carbonyl (C=O) groups is 2. The Labute approximate surface area is 128 Å². The largest absolute Gasteiger partial charge is 0.411 e. The van der Waals surface area contributed by atoms with Gasteiger partial charge >= 0.3 is 0 Å². The van der Waals surface area contributed by atoms with Crippen molar-refractivity contribution in [2.75, 3.05) is 5.32 Å². The van der Waals surface area contributed by atoms with Crippen LogP contribution in [0.3, 0.4) is 0 Å². The van der Waals surface area contributed by atoms with Crippen molar-refractivity contribution < 1.29 is 14.8 Å². The molecular weight excluding hydrogens is 280 g/mol. The lowest BCUT2D eigenvalue weighted by Crippen LogP contribution is -2.15. The van der Waals surface area contributed by atoms with Crippen molar-refractivity contribution >= 4 is 23.1 Å². The second-order valence-electron chi connectivity index (χ2n) is 4.82. The van der Waals surface area contributed by atoms with Crippen molar-refractivity contribution in [2.24, 2.45) is 5.16 Å². The number of nitrogens with zero attached hydrogens (tertiary/aromatic N) is 1. The highest BCUT2D eigenvalue weighted by molar-refractivity contribution is 6.12. The van der Waals surface area contributed by atoms with Crippen LogP contribution in [0.5, 0.6) is 0 Å². The Morgan fingerprint density at radius 2 is 1.68 bits per heavy atom. The number of benzene rings is 2. The number of Topliss-reactive ketones (excluding diaryl/α,β-unsaturated/α-hetero) is 1. The standard InChI is InChI=1S/C17H16N2O3/c1-11(19-22)13-6-5-7-14(10-13)18-17(21)16-9-4-3-8-15(16)12(2)20/h3-10,22H,1-2H3,(H,18,21)/b19-11+. The molecule has 5 heteroatoms. The van der Waals surface area contributed by atoms with E-state index in [1.54, 1.807) is 55.5 Å². The van der Waals surface area contributed by atoms with Gasteiger partial charge in [0.1, 0.15) is 0 Å². The summed E-state index contributed by atoms with van der Waals surface area (Å²) in [4.78, 5) is 23.9. The fourth-order valence-corrected chi connectivity index (χ4v) is 2.07. The van der Waals surface area contributed by atoms with Crippen molar-refractivity contribution in [3.63, 3.8) is 0 Å². The van der Waals surface area contributed by atoms with Gasteiger partial charge in [-0.3, -0.25) is 9.59 Å². The Bertz CT molecular complexity index is 751. The van der Waals surface area contributed by atoms with Crippen molar-refractivity contribution in [2.45, 2.75) is 13.8 Å². The molecule has 0 heterocycles. The normalized spacial score (nSPS) is 11.1. The first-order valence-corrected chi connectivity index (χ1v) is 6.73. The Morgan fingerprint density at radius 1 is 1.00 bits per heavy atom. The number of oxime groups is 1. The number of hydrogen-bond acceptors (Lipinski definition) is 4. The molecule has 2 rings (SSSR count). The van der Waals surface area contributed by atoms with E-state index in [-0.39, 0.29) is 11.7 Å². The summed E-state index contributed by atoms with van der Waals surface area (Å²) < 4.78 is 0. The van der Waals surface area contributed by atoms with Gasteiger partial charge in [0.15, 0.2) is 5.78 Å². The molecule has 0 radical (unpaired) electrons. The highest BCUT2D eigenvalue weighted by Gasteiger charge is 2.14. The van der Waals surface area contributed by atoms with E-state index in [1.807, 2.05) is 0 Å². The van der Waals surface area contributed by atoms with Crippen LogP contribution < -0.4 is 5.32 Å². The molecule has 0 aliphatic rings. The molecule has 2 aromatic rings. The first-order chi connectivity index (χ1) is 10.5. The van der Waals surface area contributed by atoms with Gasteiger partial charge in [-0.2, -0.15) is 0 Å². The molecule has 0 unspecified atom stereocenters. The fraction of sp³-hybridized carbons (Fsp3) is 0.118. The van der Waals surface area contributed by atoms with Crippen LogP contribution in [0.1, 0.15) is 40.1 Å². The van der Waals surface area contributed by atoms with E-state index in [0.717, 1.165) is 0 Å². The van der Waals surface area contributed by atoms with Crippen LogP contribution in [-0.4, -0.2) is 22.6 Å². The molecule has 112 valence electrons. The third kappa shape index (κ3) is 3.38. The van der Waals surface area contributed by atoms with Gasteiger partial charge in [-0.05, 0) is 32.0 Å². The van der Waals surface area contributed by atoms with E-state index in [9.17, 15) is 9.59 Å². The number of nitrogens with one attached hydrogen (secondary N) is 1. The minimum Gasteiger partial charge on any atom is -0.411 e. The van der Waals surface area contributed by atoms with Crippen LogP contribution in [0, 0.1) is 0 Å². The van der Waals surface area contributed by atoms with Gasteiger partial charge in [-0.25, -0.2) is 0 Å². The SMILES string of the molecule is CC(=O)c1ccccc1C(=O)Nc1cccc(/C(C)=N/O)c1. The fourth-order valence-electron chi connectivity index (χ4n) is 2.07. The predicted molar refractivity (Wildman–Crippen MR) is 84.8 cm³/mol. The lowest BCUT2D eigenvalue weighted by molar-refractivity contribution is 0.0985. The average molecular weight is 296 g/mol. The average Bonchev–Trinajstić information content (AvgIpc) is 2.54. The monoisotopic (exact) mass is 296 g/mol. The molecule has 0 aliphatic carbocycles. The van der Waals surface area contributed by atoms with E-state index in [4.69, 9.17) is 5.21 Å². The summed E-state index contributed by atoms with van der Waals surface area (Å²) >= 11 is 0. The maximum absolute atomic E-state index is 12.3. The smallest absolute Gasteiger partial charge is 0.256 e. The predicted octanol–water partition coefficient (Wildman–Crippen LogP) is 3.34. The minimum atomic E-state index is -0.360. The van der Waals surface area contributed by atoms with Crippen LogP contribution in [0.25, 0.3) is 0 Å². The first kappa shape index (κ1) is 15.4. The summed E-state index contributed by atoms with van der Waals surface area (Å²) in [6.07, 6.45) is 0. The zero-order valence-corrected chi connectivity index (χ0v) is 12.3. The van der Waals surface area contributed by atoms with E-state index in [2.05, 4.69) is 10.5 Å². The summed E-state index contributed by atoms with van der Waals surface area (Å²) in [6.45, 7) is 3.08. The molecule has 0 spiro atoms. The van der Waals surface area contributed by atoms with E-state index in [0.29, 0.717) is 28.1 Å². The number of carbonyl (C=O) groups excluding carboxylic acids is 2. The molecular formula is C17H16N2O3. The van der Waals surface area contributed by atoms with Crippen molar-refractivity contribution in [1.82, 2.24) is 0 Å². The second kappa shape index (κ2) is 6.67. The van der Waals surface area contributed by atoms with Crippen molar-refractivity contribution in [1.29, 1.82) is 0 Å². The summed E-state index contributed by atoms with van der Waals surface area (Å²) in [5, 5.41) is 14.7. The first-order valence-electron chi connectivity index (χ1n) is 6.73. The van der Waals surface area contributed by atoms with Crippen LogP contribution >= 0.6 is 0 Å². The van der Waals surface area contributed by atoms with E-state index >= 15 is 0 Å². The molecule has 0 bridgehead atoms. The zero-order valence-electron chi connectivity index (χ0n) is 12.3. The Morgan fingerprint density at radius 3 is 2.32 bits per heavy atom. The molecule has 2 N–H and O–H groups in total. The number of hydrogen-bond donors (Lipinski definition) is 2. The molecule has 0 saturated carbocycles. The van der Waals surface area contributed by atoms with E-state index < -0.39 is 0 Å². The quantitative estimate of drug-likeness (QED) is 0.393. The Balaban J connectivity index is 2.28. The van der Waals surface area contributed by atoms with Gasteiger partial charge in [-0.1, -0.05) is 35.5 Å². The molecule has 0 fully saturated rings. The number of amides is 1. The molecule has 0 aliphatic heterocycles. The highest BCUT2D eigenvalue weighted by atomic mass is 16.4. The van der Waals surface area contributed by atoms with Crippen LogP contribution in [0.2, 0.25) is 0 Å². The zero-order chi connectivity index (χ0) is 16.1. The van der Waals surface area contributed by atoms with Crippen molar-refractivity contribution in [3.05, 3.63) is 65.2 Å². The van der Waals surface area contributed by atoms with Gasteiger partial charge < -0.3 is 10.5 Å². The molecule has 2 aromatic carbocycles. The molecule has 0 atom stereocenters. The molecule has 1 amide bonds. The summed E-state index contributed by atoms with van der Waals surface area (Å²) in [6, 6.07) is 13.6. The molecule has 0 aromatic heterocycles. The number of rotatable bonds is 4. The molecule has 0 saturated heterocycles. The minimum absolute atomic E-state index is 0.164. The highest BCUT2D eigenvalue weighted by Crippen LogP contribution is 2.15. The lowest BCUT2D eigenvalue weighted by atomic mass is 10.0. The summed E-state index contributed by atoms with van der Waals surface area (Å²) in [5.41, 5.74) is 2.40. The second-order valence-corrected chi connectivity index (χ2v) is 4.82. The van der Waals surface area contributed by atoms with Gasteiger partial charge in [0.05, 0.1) is 11.3 Å². The summed E-state index contributed by atoms with van der Waals surface area (Å²) in [5.74, 6) is -0.524. The van der Waals surface area contributed by atoms with Crippen molar-refractivity contribution in [3.8, 4) is 0 Å². The van der Waals surface area contributed by atoms with Gasteiger partial charge in [0.25, 0.3) is 5.91 Å². The van der Waals surface area contributed by atoms with E-state index in [1.165, 1.54) is 6.92 Å². The number of anilines is 1. The topological polar surface area (TPSA) is 78.8 Å². The molecule has 22 heavy (non-hydrogen) atoms. The van der Waals surface area contributed by atoms with Crippen LogP contribution in [0.15, 0.2) is 53.7 Å². The van der Waals surface area contributed by atoms with Gasteiger partial charge in [0.2, 0.25) is 0 Å². The lowest BCUT2D eigenvalue weighted by Gasteiger charge is -2.09. The van der Waals surface area contributed by atoms with Gasteiger partial charge in [-0.15, -0.1) is 0 Å². The Kier molecular flexibility index (Phi) is 4.68. The maximum atomic E-state index is 12.3. The number of ketones is 1. The van der Waals surface area contributed by atoms with Crippen LogP contribution in [0.4, 0.5) is 5.69 Å².